The van der Waals surface area contributed by atoms with Crippen molar-refractivity contribution in [3.63, 3.8) is 0 Å². The van der Waals surface area contributed by atoms with Crippen molar-refractivity contribution in [3.05, 3.63) is 102 Å². The molecule has 0 fully saturated rings. The SMILES string of the molecule is CCOc1cc(OC(=O)NCc2ccccc2)c2ccccc2c1OC(=O)NCc1ccccc1. The van der Waals surface area contributed by atoms with Gasteiger partial charge in [0.15, 0.2) is 11.5 Å². The van der Waals surface area contributed by atoms with Crippen LogP contribution in [0.2, 0.25) is 0 Å². The second kappa shape index (κ2) is 11.6. The van der Waals surface area contributed by atoms with E-state index in [-0.39, 0.29) is 5.75 Å². The third-order valence-electron chi connectivity index (χ3n) is 5.18. The molecule has 0 atom stereocenters. The number of nitrogens with one attached hydrogen (secondary N) is 2. The van der Waals surface area contributed by atoms with Gasteiger partial charge in [0.05, 0.1) is 6.61 Å². The van der Waals surface area contributed by atoms with E-state index < -0.39 is 12.2 Å². The van der Waals surface area contributed by atoms with Crippen molar-refractivity contribution in [2.75, 3.05) is 6.61 Å². The van der Waals surface area contributed by atoms with Crippen LogP contribution in [0.1, 0.15) is 18.1 Å². The monoisotopic (exact) mass is 470 g/mol. The Morgan fingerprint density at radius 1 is 0.657 bits per heavy atom. The minimum absolute atomic E-state index is 0.255. The van der Waals surface area contributed by atoms with Crippen LogP contribution < -0.4 is 24.8 Å². The van der Waals surface area contributed by atoms with Gasteiger partial charge in [0, 0.05) is 29.9 Å². The van der Waals surface area contributed by atoms with Crippen LogP contribution in [0.25, 0.3) is 10.8 Å². The Bertz CT molecular complexity index is 1290. The lowest BCUT2D eigenvalue weighted by atomic mass is 10.1. The summed E-state index contributed by atoms with van der Waals surface area (Å²) in [7, 11) is 0. The molecular weight excluding hydrogens is 444 g/mol. The minimum atomic E-state index is -0.616. The van der Waals surface area contributed by atoms with Crippen LogP contribution in [0.3, 0.4) is 0 Å². The van der Waals surface area contributed by atoms with Gasteiger partial charge in [0.25, 0.3) is 0 Å². The topological polar surface area (TPSA) is 85.9 Å². The number of carbonyl (C=O) groups is 2. The molecule has 35 heavy (non-hydrogen) atoms. The third kappa shape index (κ3) is 6.29. The Balaban J connectivity index is 1.54. The van der Waals surface area contributed by atoms with Gasteiger partial charge in [-0.25, -0.2) is 9.59 Å². The van der Waals surface area contributed by atoms with Crippen LogP contribution in [0.5, 0.6) is 17.2 Å². The maximum absolute atomic E-state index is 12.6. The van der Waals surface area contributed by atoms with Crippen molar-refractivity contribution in [3.8, 4) is 17.2 Å². The zero-order valence-electron chi connectivity index (χ0n) is 19.3. The predicted molar refractivity (Wildman–Crippen MR) is 134 cm³/mol. The molecule has 0 radical (unpaired) electrons. The van der Waals surface area contributed by atoms with Crippen molar-refractivity contribution >= 4 is 23.0 Å². The van der Waals surface area contributed by atoms with E-state index in [4.69, 9.17) is 14.2 Å². The lowest BCUT2D eigenvalue weighted by Crippen LogP contribution is -2.27. The number of benzene rings is 4. The number of ether oxygens (including phenoxy) is 3. The smallest absolute Gasteiger partial charge is 0.413 e. The molecule has 0 saturated carbocycles. The lowest BCUT2D eigenvalue weighted by molar-refractivity contribution is 0.195. The Labute approximate surface area is 203 Å². The van der Waals surface area contributed by atoms with Crippen molar-refractivity contribution < 1.29 is 23.8 Å². The first kappa shape index (κ1) is 23.6. The predicted octanol–water partition coefficient (Wildman–Crippen LogP) is 5.82. The average Bonchev–Trinajstić information content (AvgIpc) is 2.89. The van der Waals surface area contributed by atoms with Crippen LogP contribution in [0.15, 0.2) is 91.0 Å². The fourth-order valence-electron chi connectivity index (χ4n) is 3.55. The second-order valence-corrected chi connectivity index (χ2v) is 7.64. The maximum Gasteiger partial charge on any atom is 0.413 e. The van der Waals surface area contributed by atoms with E-state index in [2.05, 4.69) is 10.6 Å². The molecule has 178 valence electrons. The van der Waals surface area contributed by atoms with Crippen LogP contribution in [0, 0.1) is 0 Å². The van der Waals surface area contributed by atoms with E-state index in [1.165, 1.54) is 0 Å². The van der Waals surface area contributed by atoms with E-state index in [0.29, 0.717) is 42.0 Å². The normalized spacial score (nSPS) is 10.4. The molecule has 0 aromatic heterocycles. The molecule has 2 N–H and O–H groups in total. The fraction of sp³-hybridized carbons (Fsp3) is 0.143. The minimum Gasteiger partial charge on any atom is -0.490 e. The molecule has 4 aromatic carbocycles. The van der Waals surface area contributed by atoms with Gasteiger partial charge in [-0.1, -0.05) is 84.9 Å². The zero-order chi connectivity index (χ0) is 24.5. The molecule has 7 nitrogen and oxygen atoms in total. The summed E-state index contributed by atoms with van der Waals surface area (Å²) in [5.41, 5.74) is 1.90. The molecule has 7 heteroatoms. The number of carbonyl (C=O) groups excluding carboxylic acids is 2. The summed E-state index contributed by atoms with van der Waals surface area (Å²) >= 11 is 0. The highest BCUT2D eigenvalue weighted by Gasteiger charge is 2.20. The Hall–Kier alpha value is -4.52. The molecule has 0 unspecified atom stereocenters. The van der Waals surface area contributed by atoms with Crippen LogP contribution in [-0.2, 0) is 13.1 Å². The fourth-order valence-corrected chi connectivity index (χ4v) is 3.55. The molecule has 0 heterocycles. The molecule has 0 aliphatic heterocycles. The Morgan fingerprint density at radius 3 is 1.74 bits per heavy atom. The van der Waals surface area contributed by atoms with E-state index in [0.717, 1.165) is 11.1 Å². The van der Waals surface area contributed by atoms with Gasteiger partial charge >= 0.3 is 12.2 Å². The number of fused-ring (bicyclic) bond motifs is 1. The zero-order valence-corrected chi connectivity index (χ0v) is 19.3. The molecular formula is C28H26N2O5. The lowest BCUT2D eigenvalue weighted by Gasteiger charge is -2.17. The van der Waals surface area contributed by atoms with Crippen LogP contribution >= 0.6 is 0 Å². The maximum atomic E-state index is 12.6. The van der Waals surface area contributed by atoms with Crippen LogP contribution in [-0.4, -0.2) is 18.8 Å². The summed E-state index contributed by atoms with van der Waals surface area (Å²) in [6.45, 7) is 2.81. The van der Waals surface area contributed by atoms with Gasteiger partial charge in [-0.3, -0.25) is 0 Å². The van der Waals surface area contributed by atoms with Crippen molar-refractivity contribution in [1.29, 1.82) is 0 Å². The molecule has 0 aliphatic carbocycles. The summed E-state index contributed by atoms with van der Waals surface area (Å²) in [4.78, 5) is 25.1. The molecule has 4 aromatic rings. The quantitative estimate of drug-likeness (QED) is 0.339. The highest BCUT2D eigenvalue weighted by atomic mass is 16.6. The largest absolute Gasteiger partial charge is 0.490 e. The van der Waals surface area contributed by atoms with Gasteiger partial charge in [-0.15, -0.1) is 0 Å². The third-order valence-corrected chi connectivity index (χ3v) is 5.18. The second-order valence-electron chi connectivity index (χ2n) is 7.64. The number of amides is 2. The van der Waals surface area contributed by atoms with Crippen LogP contribution in [0.4, 0.5) is 9.59 Å². The highest BCUT2D eigenvalue weighted by molar-refractivity contribution is 5.98. The molecule has 0 bridgehead atoms. The Morgan fingerprint density at radius 2 is 1.17 bits per heavy atom. The standard InChI is InChI=1S/C28H26N2O5/c1-2-33-25-17-24(34-27(31)29-18-20-11-5-3-6-12-20)22-15-9-10-16-23(22)26(25)35-28(32)30-19-21-13-7-4-8-14-21/h3-17H,2,18-19H2,1H3,(H,29,31)(H,30,32). The van der Waals surface area contributed by atoms with Gasteiger partial charge < -0.3 is 24.8 Å². The van der Waals surface area contributed by atoms with Gasteiger partial charge in [-0.2, -0.15) is 0 Å². The Kier molecular flexibility index (Phi) is 7.81. The average molecular weight is 471 g/mol. The number of hydrogen-bond donors (Lipinski definition) is 2. The molecule has 0 spiro atoms. The number of rotatable bonds is 8. The van der Waals surface area contributed by atoms with Crippen molar-refractivity contribution in [1.82, 2.24) is 10.6 Å². The first-order valence-corrected chi connectivity index (χ1v) is 11.3. The summed E-state index contributed by atoms with van der Waals surface area (Å²) in [6, 6.07) is 27.8. The van der Waals surface area contributed by atoms with Crippen molar-refractivity contribution in [2.45, 2.75) is 20.0 Å². The highest BCUT2D eigenvalue weighted by Crippen LogP contribution is 2.41. The summed E-state index contributed by atoms with van der Waals surface area (Å²) in [6.07, 6.45) is -1.22. The number of hydrogen-bond acceptors (Lipinski definition) is 5. The summed E-state index contributed by atoms with van der Waals surface area (Å²) in [5, 5.41) is 6.68. The van der Waals surface area contributed by atoms with Gasteiger partial charge in [0.2, 0.25) is 0 Å². The van der Waals surface area contributed by atoms with Gasteiger partial charge in [0.1, 0.15) is 5.75 Å². The van der Waals surface area contributed by atoms with Gasteiger partial charge in [-0.05, 0) is 18.1 Å². The summed E-state index contributed by atoms with van der Waals surface area (Å²) < 4.78 is 17.0. The van der Waals surface area contributed by atoms with E-state index in [1.54, 1.807) is 18.2 Å². The van der Waals surface area contributed by atoms with E-state index >= 15 is 0 Å². The first-order chi connectivity index (χ1) is 17.1. The van der Waals surface area contributed by atoms with Crippen molar-refractivity contribution in [2.24, 2.45) is 0 Å². The molecule has 0 aliphatic rings. The molecule has 2 amide bonds. The van der Waals surface area contributed by atoms with E-state index in [9.17, 15) is 9.59 Å². The molecule has 4 rings (SSSR count). The first-order valence-electron chi connectivity index (χ1n) is 11.3. The van der Waals surface area contributed by atoms with E-state index in [1.807, 2.05) is 79.7 Å². The molecule has 0 saturated heterocycles. The summed E-state index contributed by atoms with van der Waals surface area (Å²) in [5.74, 6) is 0.851.